The third-order valence-corrected chi connectivity index (χ3v) is 5.53. The molecule has 2 rings (SSSR count). The van der Waals surface area contributed by atoms with Crippen LogP contribution in [-0.4, -0.2) is 34.1 Å². The SMILES string of the molecule is CC(C)c1cnc(C(N)=O)s1.CCC[C@H](NC1CCCCC1)C(=O)O. The number of nitrogens with zero attached hydrogens (tertiary/aromatic N) is 1. The molecule has 0 bridgehead atoms. The van der Waals surface area contributed by atoms with Crippen LogP contribution in [0.1, 0.15) is 86.3 Å². The number of carbonyl (C=O) groups is 2. The summed E-state index contributed by atoms with van der Waals surface area (Å²) in [7, 11) is 0. The molecule has 1 atom stereocenters. The molecular formula is C18H31N3O3S. The lowest BCUT2D eigenvalue weighted by Crippen LogP contribution is -2.44. The summed E-state index contributed by atoms with van der Waals surface area (Å²) in [6.45, 7) is 6.13. The van der Waals surface area contributed by atoms with Gasteiger partial charge in [-0.2, -0.15) is 0 Å². The molecule has 142 valence electrons. The number of amides is 1. The second-order valence-corrected chi connectivity index (χ2v) is 7.83. The second kappa shape index (κ2) is 11.2. The van der Waals surface area contributed by atoms with E-state index in [4.69, 9.17) is 10.8 Å². The first-order chi connectivity index (χ1) is 11.8. The average molecular weight is 370 g/mol. The van der Waals surface area contributed by atoms with E-state index in [1.54, 1.807) is 6.20 Å². The van der Waals surface area contributed by atoms with Crippen LogP contribution in [-0.2, 0) is 4.79 Å². The van der Waals surface area contributed by atoms with Gasteiger partial charge in [0, 0.05) is 17.1 Å². The zero-order valence-electron chi connectivity index (χ0n) is 15.5. The quantitative estimate of drug-likeness (QED) is 0.682. The van der Waals surface area contributed by atoms with Crippen molar-refractivity contribution in [3.05, 3.63) is 16.1 Å². The summed E-state index contributed by atoms with van der Waals surface area (Å²) in [5, 5.41) is 12.6. The number of nitrogens with two attached hydrogens (primary N) is 1. The monoisotopic (exact) mass is 369 g/mol. The minimum Gasteiger partial charge on any atom is -0.480 e. The van der Waals surface area contributed by atoms with Crippen molar-refractivity contribution in [2.45, 2.75) is 83.7 Å². The highest BCUT2D eigenvalue weighted by molar-refractivity contribution is 7.13. The Morgan fingerprint density at radius 3 is 2.40 bits per heavy atom. The van der Waals surface area contributed by atoms with Crippen LogP contribution in [0.15, 0.2) is 6.20 Å². The number of hydrogen-bond acceptors (Lipinski definition) is 5. The van der Waals surface area contributed by atoms with Gasteiger partial charge in [-0.15, -0.1) is 11.3 Å². The maximum absolute atomic E-state index is 10.9. The van der Waals surface area contributed by atoms with Crippen molar-refractivity contribution in [1.82, 2.24) is 10.3 Å². The van der Waals surface area contributed by atoms with Gasteiger partial charge in [-0.3, -0.25) is 9.59 Å². The molecule has 4 N–H and O–H groups in total. The van der Waals surface area contributed by atoms with Crippen LogP contribution in [0.2, 0.25) is 0 Å². The predicted octanol–water partition coefficient (Wildman–Crippen LogP) is 3.53. The molecule has 1 amide bonds. The average Bonchev–Trinajstić information content (AvgIpc) is 3.06. The molecule has 0 aliphatic heterocycles. The molecule has 0 saturated heterocycles. The number of rotatable bonds is 7. The fourth-order valence-corrected chi connectivity index (χ4v) is 3.56. The van der Waals surface area contributed by atoms with Crippen LogP contribution in [0.25, 0.3) is 0 Å². The fraction of sp³-hybridized carbons (Fsp3) is 0.722. The minimum atomic E-state index is -0.697. The first-order valence-electron chi connectivity index (χ1n) is 9.09. The molecule has 1 fully saturated rings. The van der Waals surface area contributed by atoms with Crippen molar-refractivity contribution >= 4 is 23.2 Å². The van der Waals surface area contributed by atoms with Gasteiger partial charge in [0.1, 0.15) is 6.04 Å². The molecule has 1 aliphatic rings. The third kappa shape index (κ3) is 7.96. The molecule has 1 saturated carbocycles. The van der Waals surface area contributed by atoms with E-state index >= 15 is 0 Å². The van der Waals surface area contributed by atoms with E-state index < -0.39 is 11.9 Å². The van der Waals surface area contributed by atoms with E-state index in [1.807, 2.05) is 6.92 Å². The van der Waals surface area contributed by atoms with E-state index in [1.165, 1.54) is 30.6 Å². The van der Waals surface area contributed by atoms with Gasteiger partial charge in [-0.05, 0) is 25.2 Å². The molecule has 0 unspecified atom stereocenters. The Balaban J connectivity index is 0.000000257. The van der Waals surface area contributed by atoms with E-state index in [2.05, 4.69) is 24.1 Å². The largest absolute Gasteiger partial charge is 0.480 e. The molecule has 1 aromatic heterocycles. The van der Waals surface area contributed by atoms with Gasteiger partial charge < -0.3 is 16.2 Å². The third-order valence-electron chi connectivity index (χ3n) is 4.22. The number of hydrogen-bond donors (Lipinski definition) is 3. The van der Waals surface area contributed by atoms with Gasteiger partial charge in [0.15, 0.2) is 5.01 Å². The molecule has 6 nitrogen and oxygen atoms in total. The van der Waals surface area contributed by atoms with Crippen LogP contribution in [0.4, 0.5) is 0 Å². The Morgan fingerprint density at radius 2 is 2.00 bits per heavy atom. The van der Waals surface area contributed by atoms with Crippen LogP contribution < -0.4 is 11.1 Å². The van der Waals surface area contributed by atoms with Gasteiger partial charge in [-0.25, -0.2) is 4.98 Å². The summed E-state index contributed by atoms with van der Waals surface area (Å²) in [6.07, 6.45) is 9.47. The predicted molar refractivity (Wildman–Crippen MR) is 101 cm³/mol. The molecule has 1 heterocycles. The van der Waals surface area contributed by atoms with Crippen molar-refractivity contribution in [2.24, 2.45) is 5.73 Å². The summed E-state index contributed by atoms with van der Waals surface area (Å²) < 4.78 is 0. The summed E-state index contributed by atoms with van der Waals surface area (Å²) in [6, 6.07) is 0.111. The first-order valence-corrected chi connectivity index (χ1v) is 9.91. The Hall–Kier alpha value is -1.47. The Morgan fingerprint density at radius 1 is 1.36 bits per heavy atom. The van der Waals surface area contributed by atoms with E-state index in [0.29, 0.717) is 17.0 Å². The number of nitrogens with one attached hydrogen (secondary N) is 1. The number of thiazole rings is 1. The number of carboxylic acid groups (broad SMARTS) is 1. The summed E-state index contributed by atoms with van der Waals surface area (Å²) in [5.41, 5.74) is 5.04. The lowest BCUT2D eigenvalue weighted by atomic mass is 9.94. The Kier molecular flexibility index (Phi) is 9.67. The number of carboxylic acids is 1. The zero-order chi connectivity index (χ0) is 18.8. The van der Waals surface area contributed by atoms with Crippen LogP contribution in [0, 0.1) is 0 Å². The van der Waals surface area contributed by atoms with Crippen LogP contribution >= 0.6 is 11.3 Å². The van der Waals surface area contributed by atoms with E-state index in [-0.39, 0.29) is 6.04 Å². The first kappa shape index (κ1) is 21.6. The summed E-state index contributed by atoms with van der Waals surface area (Å²) >= 11 is 1.36. The molecule has 0 spiro atoms. The van der Waals surface area contributed by atoms with Gasteiger partial charge in [0.25, 0.3) is 5.91 Å². The van der Waals surface area contributed by atoms with Crippen molar-refractivity contribution in [1.29, 1.82) is 0 Å². The van der Waals surface area contributed by atoms with Crippen molar-refractivity contribution in [3.63, 3.8) is 0 Å². The smallest absolute Gasteiger partial charge is 0.320 e. The van der Waals surface area contributed by atoms with Crippen molar-refractivity contribution < 1.29 is 14.7 Å². The zero-order valence-corrected chi connectivity index (χ0v) is 16.3. The lowest BCUT2D eigenvalue weighted by Gasteiger charge is -2.26. The number of aromatic nitrogens is 1. The Bertz CT molecular complexity index is 539. The van der Waals surface area contributed by atoms with Crippen molar-refractivity contribution in [2.75, 3.05) is 0 Å². The van der Waals surface area contributed by atoms with Gasteiger partial charge >= 0.3 is 5.97 Å². The molecular weight excluding hydrogens is 338 g/mol. The number of carbonyl (C=O) groups excluding carboxylic acids is 1. The molecule has 1 aromatic rings. The fourth-order valence-electron chi connectivity index (χ4n) is 2.79. The van der Waals surface area contributed by atoms with Gasteiger partial charge in [-0.1, -0.05) is 46.5 Å². The molecule has 25 heavy (non-hydrogen) atoms. The molecule has 0 radical (unpaired) electrons. The maximum atomic E-state index is 10.9. The van der Waals surface area contributed by atoms with Gasteiger partial charge in [0.05, 0.1) is 0 Å². The maximum Gasteiger partial charge on any atom is 0.320 e. The highest BCUT2D eigenvalue weighted by Crippen LogP contribution is 2.21. The molecule has 1 aliphatic carbocycles. The topological polar surface area (TPSA) is 105 Å². The van der Waals surface area contributed by atoms with Gasteiger partial charge in [0.2, 0.25) is 0 Å². The highest BCUT2D eigenvalue weighted by atomic mass is 32.1. The van der Waals surface area contributed by atoms with Crippen molar-refractivity contribution in [3.8, 4) is 0 Å². The summed E-state index contributed by atoms with van der Waals surface area (Å²) in [4.78, 5) is 26.5. The summed E-state index contributed by atoms with van der Waals surface area (Å²) in [5.74, 6) is -0.722. The lowest BCUT2D eigenvalue weighted by molar-refractivity contribution is -0.140. The minimum absolute atomic E-state index is 0.330. The molecule has 7 heteroatoms. The van der Waals surface area contributed by atoms with Crippen LogP contribution in [0.5, 0.6) is 0 Å². The second-order valence-electron chi connectivity index (χ2n) is 6.77. The van der Waals surface area contributed by atoms with E-state index in [0.717, 1.165) is 30.6 Å². The normalized spacial score (nSPS) is 16.2. The highest BCUT2D eigenvalue weighted by Gasteiger charge is 2.21. The number of aliphatic carboxylic acids is 1. The van der Waals surface area contributed by atoms with E-state index in [9.17, 15) is 9.59 Å². The number of primary amides is 1. The molecule has 0 aromatic carbocycles. The standard InChI is InChI=1S/C11H21NO2.C7H10N2OS/c1-2-6-10(11(13)14)12-9-7-4-3-5-8-9;1-4(2)5-3-9-7(11-5)6(8)10/h9-10,12H,2-8H2,1H3,(H,13,14);3-4H,1-2H3,(H2,8,10)/t10-;/m0./s1. The Labute approximate surface area is 154 Å². The van der Waals surface area contributed by atoms with Crippen LogP contribution in [0.3, 0.4) is 0 Å².